The second-order valence-corrected chi connectivity index (χ2v) is 6.36. The SMILES string of the molecule is CCOC(=O)c1c(NC(=O)CN(C)Cc2ccc(F)cc2)oc(C)c1C(C)=O. The maximum atomic E-state index is 13.0. The number of furan rings is 1. The lowest BCUT2D eigenvalue weighted by Crippen LogP contribution is -2.30. The molecule has 0 saturated carbocycles. The van der Waals surface area contributed by atoms with E-state index in [1.807, 2.05) is 0 Å². The number of ether oxygens (including phenoxy) is 1. The Labute approximate surface area is 162 Å². The van der Waals surface area contributed by atoms with Gasteiger partial charge in [0.25, 0.3) is 0 Å². The third-order valence-corrected chi connectivity index (χ3v) is 3.95. The molecule has 1 amide bonds. The monoisotopic (exact) mass is 390 g/mol. The molecular weight excluding hydrogens is 367 g/mol. The van der Waals surface area contributed by atoms with E-state index in [0.29, 0.717) is 6.54 Å². The Morgan fingerprint density at radius 2 is 1.82 bits per heavy atom. The quantitative estimate of drug-likeness (QED) is 0.550. The van der Waals surface area contributed by atoms with Crippen molar-refractivity contribution in [3.05, 3.63) is 52.5 Å². The first-order valence-corrected chi connectivity index (χ1v) is 8.77. The molecule has 0 aliphatic rings. The first-order chi connectivity index (χ1) is 13.2. The van der Waals surface area contributed by atoms with E-state index in [4.69, 9.17) is 9.15 Å². The number of aryl methyl sites for hydroxylation is 1. The van der Waals surface area contributed by atoms with Crippen LogP contribution in [0.3, 0.4) is 0 Å². The lowest BCUT2D eigenvalue weighted by atomic mass is 10.1. The minimum absolute atomic E-state index is 0.00516. The Hall–Kier alpha value is -3.00. The van der Waals surface area contributed by atoms with Gasteiger partial charge in [-0.1, -0.05) is 12.1 Å². The number of rotatable bonds is 8. The Bertz CT molecular complexity index is 873. The van der Waals surface area contributed by atoms with Gasteiger partial charge in [0.2, 0.25) is 11.8 Å². The van der Waals surface area contributed by atoms with Gasteiger partial charge in [-0.2, -0.15) is 0 Å². The van der Waals surface area contributed by atoms with Gasteiger partial charge in [0.05, 0.1) is 18.7 Å². The number of esters is 1. The van der Waals surface area contributed by atoms with Gasteiger partial charge in [-0.3, -0.25) is 19.8 Å². The highest BCUT2D eigenvalue weighted by Crippen LogP contribution is 2.28. The zero-order chi connectivity index (χ0) is 20.8. The number of anilines is 1. The van der Waals surface area contributed by atoms with Crippen molar-refractivity contribution in [3.8, 4) is 0 Å². The van der Waals surface area contributed by atoms with E-state index >= 15 is 0 Å². The van der Waals surface area contributed by atoms with E-state index in [1.54, 1.807) is 31.0 Å². The van der Waals surface area contributed by atoms with Gasteiger partial charge in [0, 0.05) is 6.54 Å². The molecular formula is C20H23FN2O5. The maximum absolute atomic E-state index is 13.0. The number of hydrogen-bond acceptors (Lipinski definition) is 6. The number of nitrogens with zero attached hydrogens (tertiary/aromatic N) is 1. The summed E-state index contributed by atoms with van der Waals surface area (Å²) in [4.78, 5) is 38.2. The standard InChI is InChI=1S/C20H23FN2O5/c1-5-27-20(26)18-17(12(2)24)13(3)28-19(18)22-16(25)11-23(4)10-14-6-8-15(21)9-7-14/h6-9H,5,10-11H2,1-4H3,(H,22,25). The molecule has 2 aromatic rings. The van der Waals surface area contributed by atoms with E-state index in [1.165, 1.54) is 26.0 Å². The highest BCUT2D eigenvalue weighted by Gasteiger charge is 2.28. The average molecular weight is 390 g/mol. The molecule has 7 nitrogen and oxygen atoms in total. The summed E-state index contributed by atoms with van der Waals surface area (Å²) in [5, 5.41) is 2.53. The average Bonchev–Trinajstić information content (AvgIpc) is 2.93. The summed E-state index contributed by atoms with van der Waals surface area (Å²) >= 11 is 0. The van der Waals surface area contributed by atoms with Crippen molar-refractivity contribution in [3.63, 3.8) is 0 Å². The van der Waals surface area contributed by atoms with Crippen molar-refractivity contribution in [2.75, 3.05) is 25.5 Å². The van der Waals surface area contributed by atoms with Crippen molar-refractivity contribution < 1.29 is 27.9 Å². The Kier molecular flexibility index (Phi) is 7.06. The number of carbonyl (C=O) groups excluding carboxylic acids is 3. The molecule has 1 N–H and O–H groups in total. The van der Waals surface area contributed by atoms with E-state index in [2.05, 4.69) is 5.32 Å². The number of carbonyl (C=O) groups is 3. The number of benzene rings is 1. The zero-order valence-electron chi connectivity index (χ0n) is 16.3. The van der Waals surface area contributed by atoms with Gasteiger partial charge < -0.3 is 9.15 Å². The van der Waals surface area contributed by atoms with Crippen molar-refractivity contribution in [1.82, 2.24) is 4.90 Å². The van der Waals surface area contributed by atoms with E-state index in [-0.39, 0.29) is 47.5 Å². The van der Waals surface area contributed by atoms with Crippen LogP contribution in [0, 0.1) is 12.7 Å². The molecule has 0 aliphatic carbocycles. The number of ketones is 1. The van der Waals surface area contributed by atoms with Gasteiger partial charge in [-0.15, -0.1) is 0 Å². The molecule has 0 bridgehead atoms. The molecule has 2 rings (SSSR count). The summed E-state index contributed by atoms with van der Waals surface area (Å²) in [5.41, 5.74) is 0.853. The molecule has 0 atom stereocenters. The summed E-state index contributed by atoms with van der Waals surface area (Å²) in [5.74, 6) is -1.74. The first-order valence-electron chi connectivity index (χ1n) is 8.77. The molecule has 150 valence electrons. The van der Waals surface area contributed by atoms with Crippen molar-refractivity contribution in [1.29, 1.82) is 0 Å². The molecule has 8 heteroatoms. The summed E-state index contributed by atoms with van der Waals surface area (Å²) in [6, 6.07) is 5.98. The third-order valence-electron chi connectivity index (χ3n) is 3.95. The minimum Gasteiger partial charge on any atom is -0.462 e. The second-order valence-electron chi connectivity index (χ2n) is 6.36. The predicted octanol–water partition coefficient (Wildman–Crippen LogP) is 3.18. The van der Waals surface area contributed by atoms with Gasteiger partial charge >= 0.3 is 5.97 Å². The second kappa shape index (κ2) is 9.27. The number of hydrogen-bond donors (Lipinski definition) is 1. The summed E-state index contributed by atoms with van der Waals surface area (Å²) < 4.78 is 23.4. The highest BCUT2D eigenvalue weighted by molar-refractivity contribution is 6.10. The molecule has 0 saturated heterocycles. The Morgan fingerprint density at radius 3 is 2.39 bits per heavy atom. The van der Waals surface area contributed by atoms with Crippen LogP contribution in [0.15, 0.2) is 28.7 Å². The van der Waals surface area contributed by atoms with Crippen LogP contribution < -0.4 is 5.32 Å². The number of halogens is 1. The van der Waals surface area contributed by atoms with Crippen molar-refractivity contribution in [2.24, 2.45) is 0 Å². The smallest absolute Gasteiger partial charge is 0.344 e. The number of likely N-dealkylation sites (N-methyl/N-ethyl adjacent to an activating group) is 1. The molecule has 0 radical (unpaired) electrons. The van der Waals surface area contributed by atoms with Gasteiger partial charge in [0.1, 0.15) is 17.1 Å². The summed E-state index contributed by atoms with van der Waals surface area (Å²) in [6.07, 6.45) is 0. The van der Waals surface area contributed by atoms with Crippen LogP contribution in [-0.2, 0) is 16.1 Å². The van der Waals surface area contributed by atoms with E-state index < -0.39 is 11.9 Å². The predicted molar refractivity (Wildman–Crippen MR) is 101 cm³/mol. The van der Waals surface area contributed by atoms with E-state index in [9.17, 15) is 18.8 Å². The molecule has 1 aromatic heterocycles. The fourth-order valence-corrected chi connectivity index (χ4v) is 2.82. The zero-order valence-corrected chi connectivity index (χ0v) is 16.3. The summed E-state index contributed by atoms with van der Waals surface area (Å²) in [7, 11) is 1.73. The largest absolute Gasteiger partial charge is 0.462 e. The molecule has 1 heterocycles. The molecule has 0 aliphatic heterocycles. The van der Waals surface area contributed by atoms with Crippen LogP contribution in [0.4, 0.5) is 10.3 Å². The number of Topliss-reactive ketones (excluding diaryl/α,β-unsaturated/α-hetero) is 1. The molecule has 28 heavy (non-hydrogen) atoms. The number of nitrogens with one attached hydrogen (secondary N) is 1. The van der Waals surface area contributed by atoms with Crippen LogP contribution in [0.2, 0.25) is 0 Å². The lowest BCUT2D eigenvalue weighted by molar-refractivity contribution is -0.117. The minimum atomic E-state index is -0.737. The highest BCUT2D eigenvalue weighted by atomic mass is 19.1. The fraction of sp³-hybridized carbons (Fsp3) is 0.350. The van der Waals surface area contributed by atoms with Gasteiger partial charge in [-0.05, 0) is 45.5 Å². The lowest BCUT2D eigenvalue weighted by Gasteiger charge is -2.16. The topological polar surface area (TPSA) is 88.8 Å². The van der Waals surface area contributed by atoms with Crippen LogP contribution in [0.25, 0.3) is 0 Å². The van der Waals surface area contributed by atoms with E-state index in [0.717, 1.165) is 5.56 Å². The summed E-state index contributed by atoms with van der Waals surface area (Å²) in [6.45, 7) is 5.02. The van der Waals surface area contributed by atoms with Gasteiger partial charge in [-0.25, -0.2) is 9.18 Å². The van der Waals surface area contributed by atoms with Crippen molar-refractivity contribution in [2.45, 2.75) is 27.3 Å². The van der Waals surface area contributed by atoms with Crippen LogP contribution >= 0.6 is 0 Å². The third kappa shape index (κ3) is 5.26. The normalized spacial score (nSPS) is 10.8. The van der Waals surface area contributed by atoms with Crippen LogP contribution in [0.5, 0.6) is 0 Å². The molecule has 0 fully saturated rings. The molecule has 1 aromatic carbocycles. The Morgan fingerprint density at radius 1 is 1.18 bits per heavy atom. The van der Waals surface area contributed by atoms with Crippen LogP contribution in [-0.4, -0.2) is 42.8 Å². The van der Waals surface area contributed by atoms with Gasteiger partial charge in [0.15, 0.2) is 5.78 Å². The Balaban J connectivity index is 2.12. The first kappa shape index (κ1) is 21.3. The van der Waals surface area contributed by atoms with Crippen LogP contribution in [0.1, 0.15) is 45.9 Å². The maximum Gasteiger partial charge on any atom is 0.344 e. The molecule has 0 unspecified atom stereocenters. The number of amides is 1. The van der Waals surface area contributed by atoms with Crippen molar-refractivity contribution >= 4 is 23.5 Å². The fourth-order valence-electron chi connectivity index (χ4n) is 2.82. The molecule has 0 spiro atoms.